The maximum Gasteiger partial charge on any atom is 0.0838 e. The third kappa shape index (κ3) is 1.79. The Kier molecular flexibility index (Phi) is 2.79. The van der Waals surface area contributed by atoms with Gasteiger partial charge in [0.25, 0.3) is 0 Å². The summed E-state index contributed by atoms with van der Waals surface area (Å²) >= 11 is 3.35. The highest BCUT2D eigenvalue weighted by molar-refractivity contribution is 9.10. The molecule has 2 nitrogen and oxygen atoms in total. The van der Waals surface area contributed by atoms with E-state index in [1.807, 2.05) is 18.2 Å². The van der Waals surface area contributed by atoms with Crippen molar-refractivity contribution in [2.24, 2.45) is 5.92 Å². The highest BCUT2D eigenvalue weighted by atomic mass is 79.9. The van der Waals surface area contributed by atoms with E-state index in [2.05, 4.69) is 15.9 Å². The van der Waals surface area contributed by atoms with Crippen LogP contribution < -0.4 is 5.73 Å². The molecule has 0 saturated heterocycles. The standard InChI is InChI=1S/C11H14BrNO/c12-8-4-5-9(10(13)6-8)11(14)7-2-1-3-7/h4-7,11,14H,1-3,13H2. The van der Waals surface area contributed by atoms with Crippen molar-refractivity contribution in [2.75, 3.05) is 5.73 Å². The predicted octanol–water partition coefficient (Wildman–Crippen LogP) is 2.86. The van der Waals surface area contributed by atoms with Gasteiger partial charge in [-0.2, -0.15) is 0 Å². The summed E-state index contributed by atoms with van der Waals surface area (Å²) in [5, 5.41) is 10.0. The first kappa shape index (κ1) is 9.99. The van der Waals surface area contributed by atoms with E-state index in [-0.39, 0.29) is 6.10 Å². The molecule has 0 spiro atoms. The third-order valence-electron chi connectivity index (χ3n) is 2.96. The molecule has 0 heterocycles. The molecule has 0 amide bonds. The molecule has 1 aliphatic carbocycles. The van der Waals surface area contributed by atoms with Gasteiger partial charge in [0, 0.05) is 15.7 Å². The smallest absolute Gasteiger partial charge is 0.0838 e. The number of aliphatic hydroxyl groups is 1. The van der Waals surface area contributed by atoms with Crippen LogP contribution >= 0.6 is 15.9 Å². The van der Waals surface area contributed by atoms with E-state index in [9.17, 15) is 5.11 Å². The van der Waals surface area contributed by atoms with Crippen molar-refractivity contribution in [2.45, 2.75) is 25.4 Å². The lowest BCUT2D eigenvalue weighted by molar-refractivity contribution is 0.0627. The number of nitrogen functional groups attached to an aromatic ring is 1. The number of hydrogen-bond donors (Lipinski definition) is 2. The van der Waals surface area contributed by atoms with E-state index >= 15 is 0 Å². The number of rotatable bonds is 2. The van der Waals surface area contributed by atoms with Crippen LogP contribution in [-0.4, -0.2) is 5.11 Å². The van der Waals surface area contributed by atoms with Gasteiger partial charge in [-0.3, -0.25) is 0 Å². The number of hydrogen-bond acceptors (Lipinski definition) is 2. The second kappa shape index (κ2) is 3.91. The molecule has 76 valence electrons. The number of nitrogens with two attached hydrogens (primary N) is 1. The van der Waals surface area contributed by atoms with Gasteiger partial charge in [-0.1, -0.05) is 28.4 Å². The summed E-state index contributed by atoms with van der Waals surface area (Å²) in [7, 11) is 0. The Morgan fingerprint density at radius 1 is 1.43 bits per heavy atom. The Balaban J connectivity index is 2.22. The normalized spacial score (nSPS) is 19.0. The first-order valence-corrected chi connectivity index (χ1v) is 5.71. The summed E-state index contributed by atoms with van der Waals surface area (Å²) in [5.74, 6) is 0.415. The molecule has 0 aliphatic heterocycles. The summed E-state index contributed by atoms with van der Waals surface area (Å²) in [6.45, 7) is 0. The van der Waals surface area contributed by atoms with Crippen LogP contribution in [0.1, 0.15) is 30.9 Å². The molecule has 2 rings (SSSR count). The number of anilines is 1. The topological polar surface area (TPSA) is 46.2 Å². The van der Waals surface area contributed by atoms with Crippen LogP contribution in [0.2, 0.25) is 0 Å². The minimum absolute atomic E-state index is 0.378. The van der Waals surface area contributed by atoms with Crippen LogP contribution in [0.5, 0.6) is 0 Å². The van der Waals surface area contributed by atoms with Gasteiger partial charge in [0.1, 0.15) is 0 Å². The molecule has 14 heavy (non-hydrogen) atoms. The zero-order valence-corrected chi connectivity index (χ0v) is 9.50. The highest BCUT2D eigenvalue weighted by Gasteiger charge is 2.27. The first-order valence-electron chi connectivity index (χ1n) is 4.91. The van der Waals surface area contributed by atoms with E-state index in [1.165, 1.54) is 6.42 Å². The third-order valence-corrected chi connectivity index (χ3v) is 3.46. The Hall–Kier alpha value is -0.540. The summed E-state index contributed by atoms with van der Waals surface area (Å²) in [6.07, 6.45) is 3.10. The molecule has 1 saturated carbocycles. The second-order valence-electron chi connectivity index (χ2n) is 3.91. The lowest BCUT2D eigenvalue weighted by atomic mass is 9.78. The molecular formula is C11H14BrNO. The van der Waals surface area contributed by atoms with Crippen LogP contribution in [0.15, 0.2) is 22.7 Å². The van der Waals surface area contributed by atoms with Crippen molar-refractivity contribution in [1.82, 2.24) is 0 Å². The van der Waals surface area contributed by atoms with Crippen molar-refractivity contribution in [3.8, 4) is 0 Å². The highest BCUT2D eigenvalue weighted by Crippen LogP contribution is 2.39. The molecule has 0 aromatic heterocycles. The van der Waals surface area contributed by atoms with Gasteiger partial charge < -0.3 is 10.8 Å². The van der Waals surface area contributed by atoms with Crippen LogP contribution in [0.4, 0.5) is 5.69 Å². The fourth-order valence-corrected chi connectivity index (χ4v) is 2.20. The quantitative estimate of drug-likeness (QED) is 0.799. The summed E-state index contributed by atoms with van der Waals surface area (Å²) in [6, 6.07) is 5.67. The lowest BCUT2D eigenvalue weighted by Crippen LogP contribution is -2.20. The van der Waals surface area contributed by atoms with E-state index in [0.717, 1.165) is 22.9 Å². The fraction of sp³-hybridized carbons (Fsp3) is 0.455. The van der Waals surface area contributed by atoms with Gasteiger partial charge in [0.05, 0.1) is 6.10 Å². The Morgan fingerprint density at radius 2 is 2.14 bits per heavy atom. The first-order chi connectivity index (χ1) is 6.68. The second-order valence-corrected chi connectivity index (χ2v) is 4.82. The van der Waals surface area contributed by atoms with Crippen molar-refractivity contribution in [3.05, 3.63) is 28.2 Å². The molecule has 1 fully saturated rings. The summed E-state index contributed by atoms with van der Waals surface area (Å²) in [5.41, 5.74) is 7.40. The molecule has 3 N–H and O–H groups in total. The van der Waals surface area contributed by atoms with Crippen molar-refractivity contribution in [1.29, 1.82) is 0 Å². The van der Waals surface area contributed by atoms with Crippen LogP contribution in [-0.2, 0) is 0 Å². The zero-order valence-electron chi connectivity index (χ0n) is 7.91. The van der Waals surface area contributed by atoms with Gasteiger partial charge in [-0.15, -0.1) is 0 Å². The van der Waals surface area contributed by atoms with E-state index < -0.39 is 0 Å². The molecule has 0 radical (unpaired) electrons. The molecule has 1 aromatic rings. The Labute approximate surface area is 92.3 Å². The Morgan fingerprint density at radius 3 is 2.64 bits per heavy atom. The van der Waals surface area contributed by atoms with E-state index in [4.69, 9.17) is 5.73 Å². The maximum absolute atomic E-state index is 10.0. The summed E-state index contributed by atoms with van der Waals surface area (Å²) in [4.78, 5) is 0. The molecular weight excluding hydrogens is 242 g/mol. The van der Waals surface area contributed by atoms with Crippen LogP contribution in [0.25, 0.3) is 0 Å². The Bertz CT molecular complexity index is 336. The molecule has 3 heteroatoms. The zero-order chi connectivity index (χ0) is 10.1. The van der Waals surface area contributed by atoms with Gasteiger partial charge in [-0.25, -0.2) is 0 Å². The van der Waals surface area contributed by atoms with Crippen LogP contribution in [0, 0.1) is 5.92 Å². The predicted molar refractivity (Wildman–Crippen MR) is 60.9 cm³/mol. The van der Waals surface area contributed by atoms with E-state index in [1.54, 1.807) is 0 Å². The van der Waals surface area contributed by atoms with Gasteiger partial charge in [-0.05, 0) is 30.9 Å². The molecule has 1 aromatic carbocycles. The average Bonchev–Trinajstić information content (AvgIpc) is 2.00. The van der Waals surface area contributed by atoms with Crippen molar-refractivity contribution in [3.63, 3.8) is 0 Å². The SMILES string of the molecule is Nc1cc(Br)ccc1C(O)C1CCC1. The average molecular weight is 256 g/mol. The van der Waals surface area contributed by atoms with Gasteiger partial charge >= 0.3 is 0 Å². The number of aliphatic hydroxyl groups excluding tert-OH is 1. The molecule has 1 atom stereocenters. The minimum atomic E-state index is -0.378. The number of halogens is 1. The molecule has 0 bridgehead atoms. The van der Waals surface area contributed by atoms with Gasteiger partial charge in [0.15, 0.2) is 0 Å². The largest absolute Gasteiger partial charge is 0.398 e. The monoisotopic (exact) mass is 255 g/mol. The molecule has 1 aliphatic rings. The van der Waals surface area contributed by atoms with Crippen molar-refractivity contribution >= 4 is 21.6 Å². The van der Waals surface area contributed by atoms with Gasteiger partial charge in [0.2, 0.25) is 0 Å². The molecule has 1 unspecified atom stereocenters. The van der Waals surface area contributed by atoms with Crippen molar-refractivity contribution < 1.29 is 5.11 Å². The maximum atomic E-state index is 10.0. The number of benzene rings is 1. The lowest BCUT2D eigenvalue weighted by Gasteiger charge is -2.31. The van der Waals surface area contributed by atoms with Crippen LogP contribution in [0.3, 0.4) is 0 Å². The van der Waals surface area contributed by atoms with E-state index in [0.29, 0.717) is 11.6 Å². The minimum Gasteiger partial charge on any atom is -0.398 e. The fourth-order valence-electron chi connectivity index (χ4n) is 1.82. The summed E-state index contributed by atoms with van der Waals surface area (Å²) < 4.78 is 0.958.